The number of likely N-dealkylation sites (N-methyl/N-ethyl adjacent to an activating group) is 1. The number of nitrogens with zero attached hydrogens (tertiary/aromatic N) is 1. The van der Waals surface area contributed by atoms with Gasteiger partial charge in [0.05, 0.1) is 12.8 Å². The van der Waals surface area contributed by atoms with Gasteiger partial charge >= 0.3 is 0 Å². The average Bonchev–Trinajstić information content (AvgIpc) is 2.62. The first kappa shape index (κ1) is 20.9. The monoisotopic (exact) mass is 390 g/mol. The summed E-state index contributed by atoms with van der Waals surface area (Å²) in [5.74, 6) is 0.385. The Bertz CT molecular complexity index is 882. The number of sulfonamides is 1. The van der Waals surface area contributed by atoms with Crippen LogP contribution in [0.15, 0.2) is 48.5 Å². The van der Waals surface area contributed by atoms with E-state index in [4.69, 9.17) is 4.74 Å². The van der Waals surface area contributed by atoms with Crippen molar-refractivity contribution in [2.75, 3.05) is 26.5 Å². The van der Waals surface area contributed by atoms with Gasteiger partial charge in [0.25, 0.3) is 0 Å². The second kappa shape index (κ2) is 9.01. The van der Waals surface area contributed by atoms with Gasteiger partial charge in [0, 0.05) is 7.05 Å². The van der Waals surface area contributed by atoms with Gasteiger partial charge < -0.3 is 10.1 Å². The quantitative estimate of drug-likeness (QED) is 0.703. The van der Waals surface area contributed by atoms with Crippen molar-refractivity contribution in [2.45, 2.75) is 19.9 Å². The number of carbonyl (C=O) groups is 1. The fourth-order valence-corrected chi connectivity index (χ4v) is 3.25. The maximum Gasteiger partial charge on any atom is 0.243 e. The standard InChI is InChI=1S/C20H26N2O4S/c1-15-10-11-16(2)18(14-15)26-13-12-21-20(23)19(22(3)27(4,24)25)17-8-6-5-7-9-17/h5-11,14,19H,12-13H2,1-4H3,(H,21,23). The molecule has 0 saturated carbocycles. The van der Waals surface area contributed by atoms with Crippen molar-refractivity contribution in [3.63, 3.8) is 0 Å². The van der Waals surface area contributed by atoms with Gasteiger partial charge in [0.2, 0.25) is 15.9 Å². The maximum absolute atomic E-state index is 12.7. The summed E-state index contributed by atoms with van der Waals surface area (Å²) in [5.41, 5.74) is 2.72. The highest BCUT2D eigenvalue weighted by atomic mass is 32.2. The Morgan fingerprint density at radius 3 is 2.44 bits per heavy atom. The van der Waals surface area contributed by atoms with Crippen LogP contribution in [-0.4, -0.2) is 45.1 Å². The van der Waals surface area contributed by atoms with E-state index in [9.17, 15) is 13.2 Å². The number of nitrogens with one attached hydrogen (secondary N) is 1. The summed E-state index contributed by atoms with van der Waals surface area (Å²) in [6.07, 6.45) is 1.08. The third-order valence-electron chi connectivity index (χ3n) is 4.25. The fraction of sp³-hybridized carbons (Fsp3) is 0.350. The largest absolute Gasteiger partial charge is 0.491 e. The normalized spacial score (nSPS) is 12.6. The Morgan fingerprint density at radius 2 is 1.81 bits per heavy atom. The molecule has 0 aliphatic heterocycles. The molecule has 2 aromatic rings. The van der Waals surface area contributed by atoms with Gasteiger partial charge in [-0.15, -0.1) is 0 Å². The SMILES string of the molecule is Cc1ccc(C)c(OCCNC(=O)C(c2ccccc2)N(C)S(C)(=O)=O)c1. The fourth-order valence-electron chi connectivity index (χ4n) is 2.65. The topological polar surface area (TPSA) is 75.7 Å². The molecule has 0 spiro atoms. The highest BCUT2D eigenvalue weighted by Gasteiger charge is 2.30. The second-order valence-electron chi connectivity index (χ2n) is 6.50. The molecule has 2 aromatic carbocycles. The molecule has 0 aromatic heterocycles. The van der Waals surface area contributed by atoms with E-state index in [-0.39, 0.29) is 6.54 Å². The zero-order chi connectivity index (χ0) is 20.0. The molecule has 1 unspecified atom stereocenters. The summed E-state index contributed by atoms with van der Waals surface area (Å²) in [5, 5.41) is 2.77. The molecular weight excluding hydrogens is 364 g/mol. The van der Waals surface area contributed by atoms with Crippen LogP contribution in [0.2, 0.25) is 0 Å². The summed E-state index contributed by atoms with van der Waals surface area (Å²) < 4.78 is 30.7. The molecule has 0 aliphatic rings. The summed E-state index contributed by atoms with van der Waals surface area (Å²) in [6, 6.07) is 13.8. The molecule has 0 bridgehead atoms. The second-order valence-corrected chi connectivity index (χ2v) is 8.54. The van der Waals surface area contributed by atoms with E-state index in [0.717, 1.165) is 27.4 Å². The van der Waals surface area contributed by atoms with E-state index in [1.165, 1.54) is 7.05 Å². The van der Waals surface area contributed by atoms with Crippen molar-refractivity contribution in [2.24, 2.45) is 0 Å². The van der Waals surface area contributed by atoms with Crippen molar-refractivity contribution in [3.8, 4) is 5.75 Å². The molecule has 0 saturated heterocycles. The minimum absolute atomic E-state index is 0.271. The van der Waals surface area contributed by atoms with Gasteiger partial charge in [-0.05, 0) is 36.6 Å². The lowest BCUT2D eigenvalue weighted by Crippen LogP contribution is -2.42. The van der Waals surface area contributed by atoms with Crippen molar-refractivity contribution in [3.05, 3.63) is 65.2 Å². The van der Waals surface area contributed by atoms with Crippen LogP contribution in [0.4, 0.5) is 0 Å². The highest BCUT2D eigenvalue weighted by molar-refractivity contribution is 7.88. The molecule has 0 radical (unpaired) electrons. The third-order valence-corrected chi connectivity index (χ3v) is 5.51. The van der Waals surface area contributed by atoms with Gasteiger partial charge in [-0.25, -0.2) is 8.42 Å². The first-order valence-corrected chi connectivity index (χ1v) is 10.5. The zero-order valence-corrected chi connectivity index (χ0v) is 16.9. The summed E-state index contributed by atoms with van der Waals surface area (Å²) in [6.45, 7) is 4.51. The molecule has 27 heavy (non-hydrogen) atoms. The summed E-state index contributed by atoms with van der Waals surface area (Å²) in [4.78, 5) is 12.7. The van der Waals surface area contributed by atoms with Gasteiger partial charge in [-0.3, -0.25) is 4.79 Å². The lowest BCUT2D eigenvalue weighted by molar-refractivity contribution is -0.124. The minimum Gasteiger partial charge on any atom is -0.491 e. The minimum atomic E-state index is -3.54. The Kier molecular flexibility index (Phi) is 6.98. The van der Waals surface area contributed by atoms with E-state index < -0.39 is 22.0 Å². The van der Waals surface area contributed by atoms with E-state index in [1.807, 2.05) is 38.1 Å². The highest BCUT2D eigenvalue weighted by Crippen LogP contribution is 2.22. The number of carbonyl (C=O) groups excluding carboxylic acids is 1. The van der Waals surface area contributed by atoms with Crippen LogP contribution >= 0.6 is 0 Å². The lowest BCUT2D eigenvalue weighted by Gasteiger charge is -2.25. The van der Waals surface area contributed by atoms with Crippen LogP contribution in [0.3, 0.4) is 0 Å². The Balaban J connectivity index is 2.03. The van der Waals surface area contributed by atoms with E-state index in [1.54, 1.807) is 24.3 Å². The molecule has 146 valence electrons. The number of hydrogen-bond donors (Lipinski definition) is 1. The molecule has 6 nitrogen and oxygen atoms in total. The summed E-state index contributed by atoms with van der Waals surface area (Å²) >= 11 is 0. The van der Waals surface area contributed by atoms with E-state index in [0.29, 0.717) is 12.2 Å². The molecule has 1 amide bonds. The predicted molar refractivity (Wildman–Crippen MR) is 106 cm³/mol. The molecular formula is C20H26N2O4S. The number of hydrogen-bond acceptors (Lipinski definition) is 4. The molecule has 0 heterocycles. The first-order valence-electron chi connectivity index (χ1n) is 8.66. The number of aryl methyl sites for hydroxylation is 2. The van der Waals surface area contributed by atoms with Crippen molar-refractivity contribution in [1.82, 2.24) is 9.62 Å². The predicted octanol–water partition coefficient (Wildman–Crippen LogP) is 2.43. The molecule has 2 rings (SSSR count). The van der Waals surface area contributed by atoms with Crippen LogP contribution in [0.1, 0.15) is 22.7 Å². The lowest BCUT2D eigenvalue weighted by atomic mass is 10.1. The Hall–Kier alpha value is -2.38. The van der Waals surface area contributed by atoms with Crippen LogP contribution in [0.5, 0.6) is 5.75 Å². The summed E-state index contributed by atoms with van der Waals surface area (Å²) in [7, 11) is -2.14. The molecule has 7 heteroatoms. The average molecular weight is 391 g/mol. The Morgan fingerprint density at radius 1 is 1.15 bits per heavy atom. The molecule has 0 fully saturated rings. The van der Waals surface area contributed by atoms with Crippen molar-refractivity contribution < 1.29 is 17.9 Å². The van der Waals surface area contributed by atoms with Gasteiger partial charge in [0.15, 0.2) is 0 Å². The maximum atomic E-state index is 12.7. The number of rotatable bonds is 8. The van der Waals surface area contributed by atoms with Crippen LogP contribution in [0.25, 0.3) is 0 Å². The first-order chi connectivity index (χ1) is 12.7. The van der Waals surface area contributed by atoms with Gasteiger partial charge in [0.1, 0.15) is 18.4 Å². The van der Waals surface area contributed by atoms with Crippen LogP contribution in [-0.2, 0) is 14.8 Å². The van der Waals surface area contributed by atoms with E-state index in [2.05, 4.69) is 5.32 Å². The number of benzene rings is 2. The van der Waals surface area contributed by atoms with Crippen molar-refractivity contribution in [1.29, 1.82) is 0 Å². The molecule has 1 N–H and O–H groups in total. The van der Waals surface area contributed by atoms with Crippen LogP contribution in [0, 0.1) is 13.8 Å². The number of amides is 1. The van der Waals surface area contributed by atoms with Crippen molar-refractivity contribution >= 4 is 15.9 Å². The molecule has 0 aliphatic carbocycles. The van der Waals surface area contributed by atoms with Gasteiger partial charge in [-0.1, -0.05) is 42.5 Å². The smallest absolute Gasteiger partial charge is 0.243 e. The van der Waals surface area contributed by atoms with E-state index >= 15 is 0 Å². The Labute approximate surface area is 161 Å². The number of ether oxygens (including phenoxy) is 1. The zero-order valence-electron chi connectivity index (χ0n) is 16.1. The van der Waals surface area contributed by atoms with Gasteiger partial charge in [-0.2, -0.15) is 4.31 Å². The van der Waals surface area contributed by atoms with Crippen LogP contribution < -0.4 is 10.1 Å². The molecule has 1 atom stereocenters. The third kappa shape index (κ3) is 5.80.